The Labute approximate surface area is 116 Å². The van der Waals surface area contributed by atoms with Gasteiger partial charge >= 0.3 is 5.97 Å². The number of hydrogen-bond donors (Lipinski definition) is 1. The summed E-state index contributed by atoms with van der Waals surface area (Å²) in [6, 6.07) is 4.30. The van der Waals surface area contributed by atoms with Gasteiger partial charge in [-0.05, 0) is 47.0 Å². The minimum absolute atomic E-state index is 0.113. The van der Waals surface area contributed by atoms with Crippen LogP contribution in [0.15, 0.2) is 27.1 Å². The molecule has 1 N–H and O–H groups in total. The lowest BCUT2D eigenvalue weighted by Crippen LogP contribution is -1.98. The standard InChI is InChI=1S/C13H9BrFNO3/c14-8-5-7(3-4-9(8)15)12-16-10(6-1-2-6)11(19-12)13(17)18/h3-6H,1-2H2,(H,17,18). The van der Waals surface area contributed by atoms with Crippen molar-refractivity contribution in [3.8, 4) is 11.5 Å². The van der Waals surface area contributed by atoms with E-state index in [9.17, 15) is 9.18 Å². The van der Waals surface area contributed by atoms with E-state index in [1.165, 1.54) is 18.2 Å². The van der Waals surface area contributed by atoms with Gasteiger partial charge in [-0.25, -0.2) is 14.2 Å². The third-order valence-electron chi connectivity index (χ3n) is 2.98. The van der Waals surface area contributed by atoms with E-state index in [0.717, 1.165) is 12.8 Å². The fourth-order valence-electron chi connectivity index (χ4n) is 1.87. The Morgan fingerprint density at radius 3 is 2.79 bits per heavy atom. The molecule has 1 fully saturated rings. The molecule has 6 heteroatoms. The van der Waals surface area contributed by atoms with E-state index in [4.69, 9.17) is 9.52 Å². The van der Waals surface area contributed by atoms with Crippen LogP contribution < -0.4 is 0 Å². The van der Waals surface area contributed by atoms with Crippen LogP contribution in [0.2, 0.25) is 0 Å². The average Bonchev–Trinajstić information content (AvgIpc) is 3.11. The van der Waals surface area contributed by atoms with Crippen molar-refractivity contribution in [1.29, 1.82) is 0 Å². The molecule has 98 valence electrons. The topological polar surface area (TPSA) is 63.3 Å². The number of hydrogen-bond acceptors (Lipinski definition) is 3. The molecule has 1 aliphatic rings. The number of oxazole rings is 1. The van der Waals surface area contributed by atoms with Crippen molar-refractivity contribution in [3.05, 3.63) is 39.9 Å². The smallest absolute Gasteiger partial charge is 0.373 e. The highest BCUT2D eigenvalue weighted by atomic mass is 79.9. The number of nitrogens with zero attached hydrogens (tertiary/aromatic N) is 1. The maximum absolute atomic E-state index is 13.2. The third-order valence-corrected chi connectivity index (χ3v) is 3.59. The summed E-state index contributed by atoms with van der Waals surface area (Å²) in [4.78, 5) is 15.4. The molecule has 4 nitrogen and oxygen atoms in total. The number of carboxylic acid groups (broad SMARTS) is 1. The summed E-state index contributed by atoms with van der Waals surface area (Å²) in [5, 5.41) is 9.10. The molecule has 0 atom stereocenters. The minimum Gasteiger partial charge on any atom is -0.475 e. The van der Waals surface area contributed by atoms with Crippen LogP contribution >= 0.6 is 15.9 Å². The molecule has 0 aliphatic heterocycles. The lowest BCUT2D eigenvalue weighted by molar-refractivity contribution is 0.0661. The lowest BCUT2D eigenvalue weighted by Gasteiger charge is -1.97. The second-order valence-electron chi connectivity index (χ2n) is 4.44. The molecule has 1 aromatic carbocycles. The van der Waals surface area contributed by atoms with Crippen molar-refractivity contribution in [2.75, 3.05) is 0 Å². The highest BCUT2D eigenvalue weighted by Crippen LogP contribution is 2.42. The van der Waals surface area contributed by atoms with Gasteiger partial charge in [-0.3, -0.25) is 0 Å². The SMILES string of the molecule is O=C(O)c1oc(-c2ccc(F)c(Br)c2)nc1C1CC1. The summed E-state index contributed by atoms with van der Waals surface area (Å²) >= 11 is 3.08. The van der Waals surface area contributed by atoms with Crippen LogP contribution in [0.4, 0.5) is 4.39 Å². The zero-order valence-corrected chi connectivity index (χ0v) is 11.3. The van der Waals surface area contributed by atoms with Crippen LogP contribution in [0.3, 0.4) is 0 Å². The molecule has 0 saturated heterocycles. The van der Waals surface area contributed by atoms with Crippen molar-refractivity contribution in [2.45, 2.75) is 18.8 Å². The molecule has 19 heavy (non-hydrogen) atoms. The predicted molar refractivity (Wildman–Crippen MR) is 68.5 cm³/mol. The molecule has 0 unspecified atom stereocenters. The van der Waals surface area contributed by atoms with Crippen molar-refractivity contribution in [1.82, 2.24) is 4.98 Å². The van der Waals surface area contributed by atoms with E-state index >= 15 is 0 Å². The molecule has 3 rings (SSSR count). The Morgan fingerprint density at radius 1 is 1.47 bits per heavy atom. The number of benzene rings is 1. The van der Waals surface area contributed by atoms with Gasteiger partial charge in [0.05, 0.1) is 10.2 Å². The second-order valence-corrected chi connectivity index (χ2v) is 5.30. The molecule has 0 bridgehead atoms. The Hall–Kier alpha value is -1.69. The first kappa shape index (κ1) is 12.3. The normalized spacial score (nSPS) is 14.6. The van der Waals surface area contributed by atoms with E-state index in [0.29, 0.717) is 11.3 Å². The van der Waals surface area contributed by atoms with Crippen molar-refractivity contribution in [2.24, 2.45) is 0 Å². The van der Waals surface area contributed by atoms with Gasteiger partial charge in [-0.2, -0.15) is 0 Å². The van der Waals surface area contributed by atoms with E-state index in [2.05, 4.69) is 20.9 Å². The number of carbonyl (C=O) groups is 1. The Bertz CT molecular complexity index is 664. The lowest BCUT2D eigenvalue weighted by atomic mass is 10.2. The van der Waals surface area contributed by atoms with E-state index in [-0.39, 0.29) is 22.0 Å². The zero-order chi connectivity index (χ0) is 13.6. The van der Waals surface area contributed by atoms with Crippen molar-refractivity contribution in [3.63, 3.8) is 0 Å². The van der Waals surface area contributed by atoms with Gasteiger partial charge in [-0.15, -0.1) is 0 Å². The predicted octanol–water partition coefficient (Wildman–Crippen LogP) is 3.82. The first-order chi connectivity index (χ1) is 9.06. The Kier molecular flexibility index (Phi) is 2.89. The van der Waals surface area contributed by atoms with E-state index in [1.54, 1.807) is 0 Å². The summed E-state index contributed by atoms with van der Waals surface area (Å²) in [7, 11) is 0. The number of aromatic nitrogens is 1. The molecule has 0 radical (unpaired) electrons. The molecule has 0 amide bonds. The van der Waals surface area contributed by atoms with E-state index < -0.39 is 11.8 Å². The van der Waals surface area contributed by atoms with Crippen LogP contribution in [0.5, 0.6) is 0 Å². The van der Waals surface area contributed by atoms with Crippen molar-refractivity contribution >= 4 is 21.9 Å². The highest BCUT2D eigenvalue weighted by Gasteiger charge is 2.33. The summed E-state index contributed by atoms with van der Waals surface area (Å²) in [5.74, 6) is -1.25. The van der Waals surface area contributed by atoms with Crippen LogP contribution in [0.1, 0.15) is 35.0 Å². The summed E-state index contributed by atoms with van der Waals surface area (Å²) in [5.41, 5.74) is 1.03. The van der Waals surface area contributed by atoms with Gasteiger partial charge in [0.1, 0.15) is 5.82 Å². The fraction of sp³-hybridized carbons (Fsp3) is 0.231. The quantitative estimate of drug-likeness (QED) is 0.931. The van der Waals surface area contributed by atoms with Crippen molar-refractivity contribution < 1.29 is 18.7 Å². The first-order valence-corrected chi connectivity index (χ1v) is 6.55. The minimum atomic E-state index is -1.12. The molecular weight excluding hydrogens is 317 g/mol. The van der Waals surface area contributed by atoms with Crippen LogP contribution in [0.25, 0.3) is 11.5 Å². The number of halogens is 2. The van der Waals surface area contributed by atoms with Gasteiger partial charge in [0.25, 0.3) is 0 Å². The van der Waals surface area contributed by atoms with Crippen LogP contribution in [-0.2, 0) is 0 Å². The van der Waals surface area contributed by atoms with Gasteiger partial charge in [-0.1, -0.05) is 0 Å². The van der Waals surface area contributed by atoms with Crippen LogP contribution in [-0.4, -0.2) is 16.1 Å². The van der Waals surface area contributed by atoms with Gasteiger partial charge in [0.15, 0.2) is 0 Å². The summed E-state index contributed by atoms with van der Waals surface area (Å²) < 4.78 is 18.8. The second kappa shape index (κ2) is 4.45. The molecule has 0 spiro atoms. The Morgan fingerprint density at radius 2 is 2.21 bits per heavy atom. The first-order valence-electron chi connectivity index (χ1n) is 5.75. The molecule has 1 aliphatic carbocycles. The monoisotopic (exact) mass is 325 g/mol. The summed E-state index contributed by atoms with van der Waals surface area (Å²) in [6.45, 7) is 0. The zero-order valence-electron chi connectivity index (χ0n) is 9.69. The molecule has 1 saturated carbocycles. The van der Waals surface area contributed by atoms with Crippen LogP contribution in [0, 0.1) is 5.82 Å². The number of carboxylic acids is 1. The van der Waals surface area contributed by atoms with Gasteiger partial charge in [0, 0.05) is 11.5 Å². The fourth-order valence-corrected chi connectivity index (χ4v) is 2.25. The molecule has 1 aromatic heterocycles. The average molecular weight is 326 g/mol. The van der Waals surface area contributed by atoms with Gasteiger partial charge in [0.2, 0.25) is 11.7 Å². The maximum atomic E-state index is 13.2. The molecule has 1 heterocycles. The molecular formula is C13H9BrFNO3. The summed E-state index contributed by atoms with van der Waals surface area (Å²) in [6.07, 6.45) is 1.86. The molecule has 2 aromatic rings. The third kappa shape index (κ3) is 2.28. The number of rotatable bonds is 3. The maximum Gasteiger partial charge on any atom is 0.373 e. The van der Waals surface area contributed by atoms with Gasteiger partial charge < -0.3 is 9.52 Å². The largest absolute Gasteiger partial charge is 0.475 e. The number of aromatic carboxylic acids is 1. The Balaban J connectivity index is 2.07. The van der Waals surface area contributed by atoms with E-state index in [1.807, 2.05) is 0 Å². The highest BCUT2D eigenvalue weighted by molar-refractivity contribution is 9.10.